The average Bonchev–Trinajstić information content (AvgIpc) is 2.83. The molecular weight excluding hydrogens is 494 g/mol. The van der Waals surface area contributed by atoms with Gasteiger partial charge in [-0.2, -0.15) is 8.42 Å². The number of carbonyl (C=O) groups excluding carboxylic acids is 1. The van der Waals surface area contributed by atoms with Crippen molar-refractivity contribution >= 4 is 39.7 Å². The lowest BCUT2D eigenvalue weighted by Gasteiger charge is -2.32. The highest BCUT2D eigenvalue weighted by Gasteiger charge is 2.27. The van der Waals surface area contributed by atoms with Gasteiger partial charge in [0.05, 0.1) is 18.1 Å². The molecule has 37 heavy (non-hydrogen) atoms. The number of rotatable bonds is 9. The predicted molar refractivity (Wildman–Crippen MR) is 144 cm³/mol. The first-order valence-electron chi connectivity index (χ1n) is 11.9. The van der Waals surface area contributed by atoms with Crippen LogP contribution in [0, 0.1) is 10.8 Å². The fourth-order valence-corrected chi connectivity index (χ4v) is 5.17. The first-order valence-corrected chi connectivity index (χ1v) is 13.2. The van der Waals surface area contributed by atoms with E-state index in [0.29, 0.717) is 28.4 Å². The molecule has 0 unspecified atom stereocenters. The molecule has 0 saturated carbocycles. The number of ether oxygens (including phenoxy) is 1. The minimum atomic E-state index is -4.42. The van der Waals surface area contributed by atoms with E-state index in [1.54, 1.807) is 62.4 Å². The van der Waals surface area contributed by atoms with Crippen LogP contribution in [0.3, 0.4) is 0 Å². The number of anilines is 1. The maximum absolute atomic E-state index is 12.9. The van der Waals surface area contributed by atoms with Crippen molar-refractivity contribution in [1.82, 2.24) is 4.90 Å². The Morgan fingerprint density at radius 3 is 2.32 bits per heavy atom. The van der Waals surface area contributed by atoms with E-state index in [1.165, 1.54) is 0 Å². The minimum absolute atomic E-state index is 0.0123. The molecule has 198 valence electrons. The van der Waals surface area contributed by atoms with Crippen molar-refractivity contribution in [1.29, 1.82) is 10.8 Å². The van der Waals surface area contributed by atoms with E-state index < -0.39 is 16.3 Å². The van der Waals surface area contributed by atoms with E-state index in [2.05, 4.69) is 4.18 Å². The number of hydrogen-bond donors (Lipinski definition) is 3. The van der Waals surface area contributed by atoms with Gasteiger partial charge in [-0.3, -0.25) is 15.6 Å². The van der Waals surface area contributed by atoms with Gasteiger partial charge in [0.15, 0.2) is 0 Å². The SMILES string of the molecule is CC(=N)N1CCC(Oc2ccc(N(C/C(C)=C/c3cccc(C(=N)N)c3)S(=O)(=O)OC(C)=O)cc2)CC1. The predicted octanol–water partition coefficient (Wildman–Crippen LogP) is 3.53. The van der Waals surface area contributed by atoms with Crippen LogP contribution in [0.1, 0.15) is 44.7 Å². The summed E-state index contributed by atoms with van der Waals surface area (Å²) in [6.45, 7) is 6.02. The van der Waals surface area contributed by atoms with Gasteiger partial charge in [0.2, 0.25) is 0 Å². The summed E-state index contributed by atoms with van der Waals surface area (Å²) in [6, 6.07) is 13.6. The van der Waals surface area contributed by atoms with Crippen LogP contribution in [-0.2, 0) is 19.3 Å². The lowest BCUT2D eigenvalue weighted by atomic mass is 10.1. The largest absolute Gasteiger partial charge is 0.490 e. The molecule has 2 aromatic carbocycles. The van der Waals surface area contributed by atoms with Gasteiger partial charge in [-0.1, -0.05) is 29.8 Å². The van der Waals surface area contributed by atoms with Gasteiger partial charge in [-0.15, -0.1) is 0 Å². The molecule has 0 atom stereocenters. The number of hydrogen-bond acceptors (Lipinski definition) is 7. The fourth-order valence-electron chi connectivity index (χ4n) is 4.04. The molecule has 10 nitrogen and oxygen atoms in total. The quantitative estimate of drug-likeness (QED) is 0.333. The topological polar surface area (TPSA) is 150 Å². The third-order valence-corrected chi connectivity index (χ3v) is 7.17. The number of carbonyl (C=O) groups is 1. The van der Waals surface area contributed by atoms with Gasteiger partial charge in [-0.25, -0.2) is 4.31 Å². The molecule has 0 aliphatic carbocycles. The molecular formula is C26H33N5O5S. The van der Waals surface area contributed by atoms with Crippen molar-refractivity contribution in [3.63, 3.8) is 0 Å². The van der Waals surface area contributed by atoms with Crippen LogP contribution in [0.4, 0.5) is 5.69 Å². The van der Waals surface area contributed by atoms with Crippen LogP contribution in [0.25, 0.3) is 6.08 Å². The highest BCUT2D eigenvalue weighted by molar-refractivity contribution is 7.88. The summed E-state index contributed by atoms with van der Waals surface area (Å²) < 4.78 is 37.6. The van der Waals surface area contributed by atoms with Gasteiger partial charge in [0, 0.05) is 38.4 Å². The van der Waals surface area contributed by atoms with E-state index in [0.717, 1.165) is 42.7 Å². The summed E-state index contributed by atoms with van der Waals surface area (Å²) in [6.07, 6.45) is 3.38. The Labute approximate surface area is 217 Å². The number of nitrogens with one attached hydrogen (secondary N) is 2. The first kappa shape index (κ1) is 27.7. The first-order chi connectivity index (χ1) is 17.4. The van der Waals surface area contributed by atoms with Crippen molar-refractivity contribution in [3.8, 4) is 5.75 Å². The van der Waals surface area contributed by atoms with Crippen molar-refractivity contribution in [2.45, 2.75) is 39.7 Å². The number of nitrogens with two attached hydrogens (primary N) is 1. The second kappa shape index (κ2) is 11.9. The monoisotopic (exact) mass is 527 g/mol. The van der Waals surface area contributed by atoms with Crippen molar-refractivity contribution in [3.05, 3.63) is 65.2 Å². The molecule has 1 heterocycles. The number of amidine groups is 2. The maximum Gasteiger partial charge on any atom is 0.412 e. The van der Waals surface area contributed by atoms with Gasteiger partial charge in [0.1, 0.15) is 17.7 Å². The second-order valence-electron chi connectivity index (χ2n) is 8.95. The van der Waals surface area contributed by atoms with E-state index in [-0.39, 0.29) is 18.5 Å². The number of nitrogen functional groups attached to an aromatic ring is 1. The number of nitrogens with zero attached hydrogens (tertiary/aromatic N) is 2. The van der Waals surface area contributed by atoms with Gasteiger partial charge < -0.3 is 19.6 Å². The Morgan fingerprint density at radius 2 is 1.76 bits per heavy atom. The molecule has 0 radical (unpaired) electrons. The molecule has 0 amide bonds. The molecule has 3 rings (SSSR count). The van der Waals surface area contributed by atoms with Crippen LogP contribution >= 0.6 is 0 Å². The third-order valence-electron chi connectivity index (χ3n) is 5.84. The summed E-state index contributed by atoms with van der Waals surface area (Å²) in [5.41, 5.74) is 7.86. The Hall–Kier alpha value is -3.86. The standard InChI is InChI=1S/C26H33N5O5S/c1-18(15-21-5-4-6-22(16-21)26(28)29)17-31(37(33,34)36-20(3)32)23-7-9-24(10-8-23)35-25-11-13-30(14-12-25)19(2)27/h4-10,15-16,25,27H,11-14,17H2,1-3H3,(H3,28,29)/b18-15+,27-19?. The molecule has 1 aliphatic heterocycles. The summed E-state index contributed by atoms with van der Waals surface area (Å²) in [5.74, 6) is 0.150. The summed E-state index contributed by atoms with van der Waals surface area (Å²) in [4.78, 5) is 13.5. The third kappa shape index (κ3) is 7.81. The van der Waals surface area contributed by atoms with Crippen LogP contribution in [0.5, 0.6) is 5.75 Å². The van der Waals surface area contributed by atoms with Crippen LogP contribution < -0.4 is 14.8 Å². The van der Waals surface area contributed by atoms with E-state index in [4.69, 9.17) is 21.3 Å². The molecule has 2 aromatic rings. The summed E-state index contributed by atoms with van der Waals surface area (Å²) in [7, 11) is -4.42. The van der Waals surface area contributed by atoms with Crippen LogP contribution in [0.15, 0.2) is 54.1 Å². The average molecular weight is 528 g/mol. The van der Waals surface area contributed by atoms with E-state index in [1.807, 2.05) is 11.0 Å². The Bertz CT molecular complexity index is 1280. The van der Waals surface area contributed by atoms with Crippen molar-refractivity contribution in [2.24, 2.45) is 5.73 Å². The van der Waals surface area contributed by atoms with Crippen molar-refractivity contribution < 1.29 is 22.1 Å². The van der Waals surface area contributed by atoms with Crippen molar-refractivity contribution in [2.75, 3.05) is 23.9 Å². The van der Waals surface area contributed by atoms with E-state index >= 15 is 0 Å². The Balaban J connectivity index is 1.79. The molecule has 0 spiro atoms. The summed E-state index contributed by atoms with van der Waals surface area (Å²) in [5, 5.41) is 15.4. The smallest absolute Gasteiger partial charge is 0.412 e. The number of likely N-dealkylation sites (tertiary alicyclic amines) is 1. The zero-order valence-corrected chi connectivity index (χ0v) is 22.0. The number of piperidine rings is 1. The lowest BCUT2D eigenvalue weighted by molar-refractivity contribution is -0.131. The zero-order valence-electron chi connectivity index (χ0n) is 21.2. The van der Waals surface area contributed by atoms with Gasteiger partial charge >= 0.3 is 16.3 Å². The maximum atomic E-state index is 12.9. The normalized spacial score (nSPS) is 14.7. The minimum Gasteiger partial charge on any atom is -0.490 e. The van der Waals surface area contributed by atoms with Crippen LogP contribution in [0.2, 0.25) is 0 Å². The molecule has 1 aliphatic rings. The zero-order chi connectivity index (χ0) is 27.2. The molecule has 1 fully saturated rings. The van der Waals surface area contributed by atoms with Gasteiger partial charge in [0.25, 0.3) is 0 Å². The van der Waals surface area contributed by atoms with Crippen LogP contribution in [-0.4, -0.2) is 56.7 Å². The number of benzene rings is 2. The second-order valence-corrected chi connectivity index (χ2v) is 10.4. The molecule has 0 bridgehead atoms. The van der Waals surface area contributed by atoms with E-state index in [9.17, 15) is 13.2 Å². The molecule has 0 aromatic heterocycles. The fraction of sp³-hybridized carbons (Fsp3) is 0.346. The highest BCUT2D eigenvalue weighted by atomic mass is 32.2. The molecule has 11 heteroatoms. The highest BCUT2D eigenvalue weighted by Crippen LogP contribution is 2.26. The summed E-state index contributed by atoms with van der Waals surface area (Å²) >= 11 is 0. The van der Waals surface area contributed by atoms with Gasteiger partial charge in [-0.05, 0) is 49.7 Å². The molecule has 4 N–H and O–H groups in total. The Kier molecular flexibility index (Phi) is 8.93. The molecule has 1 saturated heterocycles. The Morgan fingerprint density at radius 1 is 1.11 bits per heavy atom. The lowest BCUT2D eigenvalue weighted by Crippen LogP contribution is -2.40.